The molecule has 2 aliphatic heterocycles. The quantitative estimate of drug-likeness (QED) is 0.871. The molecule has 144 valence electrons. The van der Waals surface area contributed by atoms with E-state index in [1.807, 2.05) is 23.2 Å². The highest BCUT2D eigenvalue weighted by molar-refractivity contribution is 5.94. The average molecular weight is 369 g/mol. The van der Waals surface area contributed by atoms with Crippen LogP contribution < -0.4 is 4.90 Å². The number of aliphatic hydroxyl groups excluding tert-OH is 1. The van der Waals surface area contributed by atoms with Crippen molar-refractivity contribution < 1.29 is 9.90 Å². The van der Waals surface area contributed by atoms with Crippen LogP contribution >= 0.6 is 0 Å². The van der Waals surface area contributed by atoms with E-state index in [1.165, 1.54) is 0 Å². The van der Waals surface area contributed by atoms with Gasteiger partial charge in [0, 0.05) is 44.5 Å². The van der Waals surface area contributed by atoms with Crippen LogP contribution in [-0.4, -0.2) is 63.5 Å². The van der Waals surface area contributed by atoms with Gasteiger partial charge in [0.05, 0.1) is 24.4 Å². The molecule has 0 bridgehead atoms. The summed E-state index contributed by atoms with van der Waals surface area (Å²) >= 11 is 0. The first kappa shape index (κ1) is 18.0. The molecule has 4 rings (SSSR count). The van der Waals surface area contributed by atoms with Crippen LogP contribution in [0.3, 0.4) is 0 Å². The smallest absolute Gasteiger partial charge is 0.255 e. The Morgan fingerprint density at radius 2 is 2.00 bits per heavy atom. The van der Waals surface area contributed by atoms with Gasteiger partial charge in [0.15, 0.2) is 0 Å². The summed E-state index contributed by atoms with van der Waals surface area (Å²) < 4.78 is 1.80. The lowest BCUT2D eigenvalue weighted by Gasteiger charge is -2.33. The fraction of sp³-hybridized carbons (Fsp3) is 0.550. The average Bonchev–Trinajstić information content (AvgIpc) is 3.40. The van der Waals surface area contributed by atoms with Crippen LogP contribution in [0.25, 0.3) is 0 Å². The third kappa shape index (κ3) is 3.98. The van der Waals surface area contributed by atoms with Crippen LogP contribution in [0, 0.1) is 0 Å². The minimum Gasteiger partial charge on any atom is -0.394 e. The molecule has 0 radical (unpaired) electrons. The number of aliphatic hydroxyl groups is 1. The number of carbonyl (C=O) groups excluding carboxylic acids is 1. The van der Waals surface area contributed by atoms with Gasteiger partial charge in [-0.25, -0.2) is 4.98 Å². The van der Waals surface area contributed by atoms with Crippen molar-refractivity contribution in [1.29, 1.82) is 0 Å². The van der Waals surface area contributed by atoms with Crippen LogP contribution in [0.5, 0.6) is 0 Å². The monoisotopic (exact) mass is 369 g/mol. The Morgan fingerprint density at radius 1 is 1.15 bits per heavy atom. The summed E-state index contributed by atoms with van der Waals surface area (Å²) in [4.78, 5) is 21.2. The number of rotatable bonds is 5. The molecule has 7 nitrogen and oxygen atoms in total. The van der Waals surface area contributed by atoms with Gasteiger partial charge in [0.1, 0.15) is 5.82 Å². The van der Waals surface area contributed by atoms with E-state index in [2.05, 4.69) is 21.0 Å². The lowest BCUT2D eigenvalue weighted by molar-refractivity contribution is 0.0792. The van der Waals surface area contributed by atoms with Crippen molar-refractivity contribution >= 4 is 11.7 Å². The van der Waals surface area contributed by atoms with Gasteiger partial charge in [0.2, 0.25) is 0 Å². The van der Waals surface area contributed by atoms with Gasteiger partial charge in [-0.2, -0.15) is 5.10 Å². The molecule has 1 amide bonds. The van der Waals surface area contributed by atoms with Crippen LogP contribution in [0.2, 0.25) is 0 Å². The Hall–Kier alpha value is -2.41. The van der Waals surface area contributed by atoms with Crippen molar-refractivity contribution in [3.63, 3.8) is 0 Å². The standard InChI is InChI=1S/C20H27N5O2/c26-13-12-25-11-7-18(22-25)17-4-3-10-24(15-17)19-6-5-16(14-21-19)20(27)23-8-1-2-9-23/h5-7,11,14,17,26H,1-4,8-10,12-13,15H2/t17-/m1/s1. The SMILES string of the molecule is O=C(c1ccc(N2CCC[C@@H](c3ccn(CCO)n3)C2)nc1)N1CCCC1. The topological polar surface area (TPSA) is 74.5 Å². The summed E-state index contributed by atoms with van der Waals surface area (Å²) in [6.07, 6.45) is 8.05. The van der Waals surface area contributed by atoms with Crippen molar-refractivity contribution in [2.75, 3.05) is 37.7 Å². The van der Waals surface area contributed by atoms with Gasteiger partial charge in [-0.05, 0) is 43.9 Å². The van der Waals surface area contributed by atoms with E-state index in [0.717, 1.165) is 63.4 Å². The zero-order valence-electron chi connectivity index (χ0n) is 15.6. The lowest BCUT2D eigenvalue weighted by atomic mass is 9.95. The molecule has 0 unspecified atom stereocenters. The van der Waals surface area contributed by atoms with Crippen molar-refractivity contribution in [1.82, 2.24) is 19.7 Å². The highest BCUT2D eigenvalue weighted by Gasteiger charge is 2.25. The van der Waals surface area contributed by atoms with Crippen LogP contribution in [0.4, 0.5) is 5.82 Å². The van der Waals surface area contributed by atoms with Crippen molar-refractivity contribution in [3.05, 3.63) is 41.9 Å². The highest BCUT2D eigenvalue weighted by Crippen LogP contribution is 2.28. The van der Waals surface area contributed by atoms with E-state index in [9.17, 15) is 4.79 Å². The number of carbonyl (C=O) groups is 1. The highest BCUT2D eigenvalue weighted by atomic mass is 16.3. The fourth-order valence-electron chi connectivity index (χ4n) is 4.05. The summed E-state index contributed by atoms with van der Waals surface area (Å²) in [6.45, 7) is 4.20. The number of aromatic nitrogens is 3. The number of pyridine rings is 1. The summed E-state index contributed by atoms with van der Waals surface area (Å²) in [5.74, 6) is 1.39. The summed E-state index contributed by atoms with van der Waals surface area (Å²) in [5.41, 5.74) is 1.76. The summed E-state index contributed by atoms with van der Waals surface area (Å²) in [6, 6.07) is 5.92. The molecule has 1 N–H and O–H groups in total. The Bertz CT molecular complexity index is 767. The van der Waals surface area contributed by atoms with Crippen LogP contribution in [-0.2, 0) is 6.54 Å². The molecule has 2 aromatic rings. The third-order valence-corrected chi connectivity index (χ3v) is 5.54. The fourth-order valence-corrected chi connectivity index (χ4v) is 4.05. The van der Waals surface area contributed by atoms with Gasteiger partial charge in [-0.1, -0.05) is 0 Å². The number of piperidine rings is 1. The first-order chi connectivity index (χ1) is 13.2. The predicted octanol–water partition coefficient (Wildman–Crippen LogP) is 1.89. The van der Waals surface area contributed by atoms with E-state index >= 15 is 0 Å². The first-order valence-corrected chi connectivity index (χ1v) is 9.89. The van der Waals surface area contributed by atoms with Gasteiger partial charge in [0.25, 0.3) is 5.91 Å². The predicted molar refractivity (Wildman–Crippen MR) is 103 cm³/mol. The van der Waals surface area contributed by atoms with Gasteiger partial charge in [-0.3, -0.25) is 9.48 Å². The molecule has 2 saturated heterocycles. The van der Waals surface area contributed by atoms with Gasteiger partial charge in [-0.15, -0.1) is 0 Å². The van der Waals surface area contributed by atoms with Crippen molar-refractivity contribution in [3.8, 4) is 0 Å². The normalized spacial score (nSPS) is 20.3. The van der Waals surface area contributed by atoms with E-state index in [-0.39, 0.29) is 12.5 Å². The van der Waals surface area contributed by atoms with E-state index in [0.29, 0.717) is 18.0 Å². The van der Waals surface area contributed by atoms with E-state index in [1.54, 1.807) is 10.9 Å². The first-order valence-electron chi connectivity index (χ1n) is 9.89. The molecule has 0 saturated carbocycles. The third-order valence-electron chi connectivity index (χ3n) is 5.54. The molecule has 27 heavy (non-hydrogen) atoms. The lowest BCUT2D eigenvalue weighted by Crippen LogP contribution is -2.35. The second kappa shape index (κ2) is 8.08. The molecule has 2 aliphatic rings. The van der Waals surface area contributed by atoms with E-state index in [4.69, 9.17) is 5.11 Å². The molecule has 0 aromatic carbocycles. The molecule has 2 aromatic heterocycles. The van der Waals surface area contributed by atoms with Gasteiger partial charge < -0.3 is 14.9 Å². The Morgan fingerprint density at radius 3 is 2.74 bits per heavy atom. The second-order valence-corrected chi connectivity index (χ2v) is 7.42. The number of hydrogen-bond acceptors (Lipinski definition) is 5. The zero-order chi connectivity index (χ0) is 18.6. The molecule has 0 spiro atoms. The number of anilines is 1. The number of hydrogen-bond donors (Lipinski definition) is 1. The summed E-state index contributed by atoms with van der Waals surface area (Å²) in [7, 11) is 0. The maximum atomic E-state index is 12.5. The molecular weight excluding hydrogens is 342 g/mol. The van der Waals surface area contributed by atoms with Crippen LogP contribution in [0.1, 0.15) is 47.7 Å². The minimum atomic E-state index is 0.0949. The van der Waals surface area contributed by atoms with E-state index < -0.39 is 0 Å². The Balaban J connectivity index is 1.42. The van der Waals surface area contributed by atoms with Gasteiger partial charge >= 0.3 is 0 Å². The second-order valence-electron chi connectivity index (χ2n) is 7.42. The number of nitrogens with zero attached hydrogens (tertiary/aromatic N) is 5. The maximum absolute atomic E-state index is 12.5. The molecule has 1 atom stereocenters. The van der Waals surface area contributed by atoms with Crippen LogP contribution in [0.15, 0.2) is 30.6 Å². The summed E-state index contributed by atoms with van der Waals surface area (Å²) in [5, 5.41) is 13.6. The molecular formula is C20H27N5O2. The maximum Gasteiger partial charge on any atom is 0.255 e. The number of likely N-dealkylation sites (tertiary alicyclic amines) is 1. The largest absolute Gasteiger partial charge is 0.394 e. The Labute approximate surface area is 159 Å². The molecule has 7 heteroatoms. The Kier molecular flexibility index (Phi) is 5.38. The number of amides is 1. The molecule has 2 fully saturated rings. The van der Waals surface area contributed by atoms with Crippen molar-refractivity contribution in [2.45, 2.75) is 38.1 Å². The molecule has 0 aliphatic carbocycles. The zero-order valence-corrected chi connectivity index (χ0v) is 15.6. The minimum absolute atomic E-state index is 0.0949. The van der Waals surface area contributed by atoms with Crippen molar-refractivity contribution in [2.24, 2.45) is 0 Å². The molecule has 4 heterocycles.